The van der Waals surface area contributed by atoms with Crippen LogP contribution in [-0.4, -0.2) is 91.6 Å². The van der Waals surface area contributed by atoms with Crippen LogP contribution in [0.5, 0.6) is 5.88 Å². The number of nitrogens with one attached hydrogen (secondary N) is 1. The SMILES string of the molecule is COc1nc2nc(C)nc(N[C@H](C)c3cccc(C(F)(F)F)c3F)c2cc1N1CC[N+](C)(C(=O)C2COCCO2)CC1. The summed E-state index contributed by atoms with van der Waals surface area (Å²) in [6.45, 7) is 6.38. The van der Waals surface area contributed by atoms with Gasteiger partial charge in [0.1, 0.15) is 36.2 Å². The van der Waals surface area contributed by atoms with Crippen molar-refractivity contribution in [2.45, 2.75) is 32.2 Å². The van der Waals surface area contributed by atoms with E-state index < -0.39 is 29.7 Å². The summed E-state index contributed by atoms with van der Waals surface area (Å²) in [6.07, 6.45) is -5.41. The Kier molecular flexibility index (Phi) is 8.23. The zero-order valence-electron chi connectivity index (χ0n) is 23.8. The van der Waals surface area contributed by atoms with Crippen LogP contribution in [-0.2, 0) is 20.4 Å². The zero-order chi connectivity index (χ0) is 30.2. The Morgan fingerprint density at radius 1 is 1.19 bits per heavy atom. The van der Waals surface area contributed by atoms with Crippen LogP contribution < -0.4 is 15.0 Å². The van der Waals surface area contributed by atoms with E-state index in [9.17, 15) is 22.4 Å². The number of piperazine rings is 1. The molecule has 1 amide bonds. The molecule has 0 spiro atoms. The van der Waals surface area contributed by atoms with Crippen molar-refractivity contribution in [3.63, 3.8) is 0 Å². The molecule has 14 heteroatoms. The number of hydrogen-bond acceptors (Lipinski definition) is 9. The molecule has 1 aromatic carbocycles. The smallest absolute Gasteiger partial charge is 0.419 e. The molecule has 42 heavy (non-hydrogen) atoms. The summed E-state index contributed by atoms with van der Waals surface area (Å²) in [5, 5.41) is 3.55. The van der Waals surface area contributed by atoms with Gasteiger partial charge in [-0.2, -0.15) is 18.2 Å². The van der Waals surface area contributed by atoms with Gasteiger partial charge in [-0.05, 0) is 26.0 Å². The number of likely N-dealkylation sites (N-methyl/N-ethyl adjacent to an activating group) is 1. The second kappa shape index (κ2) is 11.6. The van der Waals surface area contributed by atoms with E-state index >= 15 is 0 Å². The van der Waals surface area contributed by atoms with Gasteiger partial charge in [0.2, 0.25) is 5.88 Å². The number of methoxy groups -OCH3 is 1. The van der Waals surface area contributed by atoms with Gasteiger partial charge < -0.3 is 24.4 Å². The van der Waals surface area contributed by atoms with E-state index in [1.807, 2.05) is 7.05 Å². The average molecular weight is 594 g/mol. The van der Waals surface area contributed by atoms with Crippen LogP contribution in [0, 0.1) is 12.7 Å². The van der Waals surface area contributed by atoms with Crippen molar-refractivity contribution in [2.24, 2.45) is 0 Å². The first-order chi connectivity index (χ1) is 19.9. The fourth-order valence-electron chi connectivity index (χ4n) is 5.35. The van der Waals surface area contributed by atoms with Crippen molar-refractivity contribution >= 4 is 28.4 Å². The number of ether oxygens (including phenoxy) is 3. The van der Waals surface area contributed by atoms with Gasteiger partial charge in [-0.3, -0.25) is 4.48 Å². The number of pyridine rings is 1. The second-order valence-electron chi connectivity index (χ2n) is 10.7. The van der Waals surface area contributed by atoms with Crippen LogP contribution in [0.2, 0.25) is 0 Å². The lowest BCUT2D eigenvalue weighted by atomic mass is 10.0. The number of nitrogens with zero attached hydrogens (tertiary/aromatic N) is 5. The van der Waals surface area contributed by atoms with E-state index in [2.05, 4.69) is 25.2 Å². The topological polar surface area (TPSA) is 98.7 Å². The molecular weight excluding hydrogens is 560 g/mol. The number of halogens is 4. The van der Waals surface area contributed by atoms with Gasteiger partial charge in [0.25, 0.3) is 0 Å². The predicted molar refractivity (Wildman–Crippen MR) is 146 cm³/mol. The Morgan fingerprint density at radius 3 is 2.57 bits per heavy atom. The number of alkyl halides is 3. The van der Waals surface area contributed by atoms with Gasteiger partial charge in [0.05, 0.1) is 64.1 Å². The fourth-order valence-corrected chi connectivity index (χ4v) is 5.35. The molecule has 2 saturated heterocycles. The summed E-state index contributed by atoms with van der Waals surface area (Å²) < 4.78 is 71.7. The first kappa shape index (κ1) is 29.9. The molecule has 2 aliphatic rings. The summed E-state index contributed by atoms with van der Waals surface area (Å²) in [7, 11) is 3.39. The lowest BCUT2D eigenvalue weighted by molar-refractivity contribution is -0.837. The molecule has 2 fully saturated rings. The van der Waals surface area contributed by atoms with Gasteiger partial charge in [-0.25, -0.2) is 19.2 Å². The molecule has 0 saturated carbocycles. The molecule has 3 aromatic rings. The normalized spacial score (nSPS) is 19.9. The highest BCUT2D eigenvalue weighted by Crippen LogP contribution is 2.37. The molecule has 2 aromatic heterocycles. The van der Waals surface area contributed by atoms with Gasteiger partial charge in [0, 0.05) is 5.56 Å². The third-order valence-electron chi connectivity index (χ3n) is 7.78. The van der Waals surface area contributed by atoms with E-state index in [0.29, 0.717) is 79.7 Å². The standard InChI is InChI=1S/C28H33F4N6O4/c1-16(18-6-5-7-20(23(18)29)28(30,31)32)33-24-19-14-21(26(40-4)36-25(19)35-17(2)34-24)37-8-10-38(3,11-9-37)27(39)22-15-41-12-13-42-22/h5-7,14,16,22H,8-13,15H2,1-4H3,(H,33,34,35,36)/q+1/t16-,22?/m1/s1. The molecule has 226 valence electrons. The minimum absolute atomic E-state index is 0.0240. The zero-order valence-corrected chi connectivity index (χ0v) is 23.8. The minimum Gasteiger partial charge on any atom is -0.479 e. The maximum absolute atomic E-state index is 14.9. The van der Waals surface area contributed by atoms with Crippen molar-refractivity contribution in [2.75, 3.05) is 70.4 Å². The third-order valence-corrected chi connectivity index (χ3v) is 7.78. The largest absolute Gasteiger partial charge is 0.479 e. The molecule has 1 unspecified atom stereocenters. The Hall–Kier alpha value is -3.62. The highest BCUT2D eigenvalue weighted by atomic mass is 19.4. The molecule has 2 atom stereocenters. The first-order valence-corrected chi connectivity index (χ1v) is 13.6. The fraction of sp³-hybridized carbons (Fsp3) is 0.500. The highest BCUT2D eigenvalue weighted by molar-refractivity contribution is 5.90. The van der Waals surface area contributed by atoms with Crippen LogP contribution in [0.25, 0.3) is 11.0 Å². The van der Waals surface area contributed by atoms with E-state index in [-0.39, 0.29) is 22.6 Å². The monoisotopic (exact) mass is 593 g/mol. The van der Waals surface area contributed by atoms with E-state index in [0.717, 1.165) is 0 Å². The molecular formula is C28H33F4N6O4+. The Labute approximate surface area is 240 Å². The molecule has 4 heterocycles. The number of benzene rings is 1. The third kappa shape index (κ3) is 5.83. The number of aryl methyl sites for hydroxylation is 1. The number of rotatable bonds is 6. The second-order valence-corrected chi connectivity index (χ2v) is 10.7. The first-order valence-electron chi connectivity index (χ1n) is 13.6. The summed E-state index contributed by atoms with van der Waals surface area (Å²) in [5.41, 5.74) is -0.525. The number of amides is 1. The quantitative estimate of drug-likeness (QED) is 0.337. The molecule has 10 nitrogen and oxygen atoms in total. The molecule has 0 radical (unpaired) electrons. The lowest BCUT2D eigenvalue weighted by Crippen LogP contribution is -2.64. The summed E-state index contributed by atoms with van der Waals surface area (Å²) in [5.74, 6) is -0.378. The van der Waals surface area contributed by atoms with E-state index in [1.165, 1.54) is 19.2 Å². The van der Waals surface area contributed by atoms with Gasteiger partial charge >= 0.3 is 12.1 Å². The van der Waals surface area contributed by atoms with Crippen LogP contribution in [0.15, 0.2) is 24.3 Å². The summed E-state index contributed by atoms with van der Waals surface area (Å²) in [6, 6.07) is 4.13. The van der Waals surface area contributed by atoms with E-state index in [4.69, 9.17) is 14.2 Å². The van der Waals surface area contributed by atoms with Gasteiger partial charge in [-0.15, -0.1) is 0 Å². The number of aromatic nitrogens is 3. The molecule has 5 rings (SSSR count). The van der Waals surface area contributed by atoms with Crippen molar-refractivity contribution in [1.82, 2.24) is 15.0 Å². The highest BCUT2D eigenvalue weighted by Gasteiger charge is 2.42. The van der Waals surface area contributed by atoms with Crippen LogP contribution in [0.4, 0.5) is 29.1 Å². The van der Waals surface area contributed by atoms with Gasteiger partial charge in [-0.1, -0.05) is 12.1 Å². The number of carbonyl (C=O) groups excluding carboxylic acids is 1. The number of fused-ring (bicyclic) bond motifs is 1. The number of quaternary nitrogens is 1. The maximum atomic E-state index is 14.9. The van der Waals surface area contributed by atoms with E-state index in [1.54, 1.807) is 19.9 Å². The lowest BCUT2D eigenvalue weighted by Gasteiger charge is -2.42. The molecule has 0 aliphatic carbocycles. The number of hydrogen-bond donors (Lipinski definition) is 1. The van der Waals surface area contributed by atoms with Crippen molar-refractivity contribution in [1.29, 1.82) is 0 Å². The number of carbonyl (C=O) groups is 1. The maximum Gasteiger partial charge on any atom is 0.419 e. The molecule has 1 N–H and O–H groups in total. The summed E-state index contributed by atoms with van der Waals surface area (Å²) >= 11 is 0. The molecule has 0 bridgehead atoms. The number of anilines is 2. The average Bonchev–Trinajstić information content (AvgIpc) is 2.96. The Morgan fingerprint density at radius 2 is 1.93 bits per heavy atom. The van der Waals surface area contributed by atoms with Gasteiger partial charge in [0.15, 0.2) is 11.8 Å². The van der Waals surface area contributed by atoms with Crippen molar-refractivity contribution in [3.05, 3.63) is 47.0 Å². The van der Waals surface area contributed by atoms with Crippen LogP contribution >= 0.6 is 0 Å². The predicted octanol–water partition coefficient (Wildman–Crippen LogP) is 3.88. The van der Waals surface area contributed by atoms with Crippen LogP contribution in [0.1, 0.15) is 29.9 Å². The minimum atomic E-state index is -4.82. The Bertz CT molecular complexity index is 1470. The van der Waals surface area contributed by atoms with Crippen molar-refractivity contribution in [3.8, 4) is 5.88 Å². The van der Waals surface area contributed by atoms with Crippen LogP contribution in [0.3, 0.4) is 0 Å². The molecule has 2 aliphatic heterocycles. The Balaban J connectivity index is 1.43. The summed E-state index contributed by atoms with van der Waals surface area (Å²) in [4.78, 5) is 28.7. The van der Waals surface area contributed by atoms with Crippen molar-refractivity contribution < 1.29 is 41.0 Å².